The van der Waals surface area contributed by atoms with Crippen LogP contribution in [0.25, 0.3) is 5.57 Å². The number of amides is 2. The van der Waals surface area contributed by atoms with Crippen molar-refractivity contribution in [3.05, 3.63) is 93.6 Å². The molecule has 0 aromatic heterocycles. The molecular weight excluding hydrogens is 435 g/mol. The van der Waals surface area contributed by atoms with Crippen LogP contribution in [0.2, 0.25) is 10.0 Å². The molecule has 0 atom stereocenters. The van der Waals surface area contributed by atoms with E-state index in [9.17, 15) is 9.59 Å². The van der Waals surface area contributed by atoms with Crippen LogP contribution >= 0.6 is 23.2 Å². The van der Waals surface area contributed by atoms with Gasteiger partial charge in [0.25, 0.3) is 11.8 Å². The first kappa shape index (κ1) is 21.0. The van der Waals surface area contributed by atoms with Gasteiger partial charge in [-0.05, 0) is 55.0 Å². The van der Waals surface area contributed by atoms with Crippen molar-refractivity contribution in [3.63, 3.8) is 0 Å². The molecule has 4 rings (SSSR count). The third-order valence-corrected chi connectivity index (χ3v) is 5.48. The van der Waals surface area contributed by atoms with Gasteiger partial charge in [0.15, 0.2) is 0 Å². The largest absolute Gasteiger partial charge is 0.495 e. The van der Waals surface area contributed by atoms with Crippen LogP contribution in [0.5, 0.6) is 5.75 Å². The van der Waals surface area contributed by atoms with E-state index in [0.29, 0.717) is 32.7 Å². The number of anilines is 2. The summed E-state index contributed by atoms with van der Waals surface area (Å²) in [5.41, 5.74) is 3.14. The Morgan fingerprint density at radius 3 is 2.16 bits per heavy atom. The van der Waals surface area contributed by atoms with Crippen molar-refractivity contribution in [2.24, 2.45) is 0 Å². The van der Waals surface area contributed by atoms with Crippen LogP contribution < -0.4 is 15.0 Å². The van der Waals surface area contributed by atoms with E-state index in [0.717, 1.165) is 10.5 Å². The molecule has 2 amide bonds. The highest BCUT2D eigenvalue weighted by Gasteiger charge is 2.40. The van der Waals surface area contributed by atoms with Gasteiger partial charge >= 0.3 is 0 Å². The summed E-state index contributed by atoms with van der Waals surface area (Å²) in [6.45, 7) is 1.96. The SMILES string of the molecule is COc1ccc(NC2=C(c3ccc(C)cc3)C(=O)N(c3ccc(Cl)cc3)C2=O)cc1Cl. The maximum Gasteiger partial charge on any atom is 0.282 e. The summed E-state index contributed by atoms with van der Waals surface area (Å²) in [5.74, 6) is -0.371. The topological polar surface area (TPSA) is 58.6 Å². The zero-order chi connectivity index (χ0) is 22.1. The minimum atomic E-state index is -0.463. The predicted molar refractivity (Wildman–Crippen MR) is 124 cm³/mol. The van der Waals surface area contributed by atoms with E-state index in [1.165, 1.54) is 7.11 Å². The average Bonchev–Trinajstić information content (AvgIpc) is 2.99. The molecule has 31 heavy (non-hydrogen) atoms. The quantitative estimate of drug-likeness (QED) is 0.503. The molecule has 0 saturated carbocycles. The van der Waals surface area contributed by atoms with Gasteiger partial charge in [0.2, 0.25) is 0 Å². The Morgan fingerprint density at radius 2 is 1.55 bits per heavy atom. The molecule has 0 aliphatic carbocycles. The number of benzene rings is 3. The van der Waals surface area contributed by atoms with Crippen LogP contribution in [0, 0.1) is 6.92 Å². The molecule has 0 bridgehead atoms. The maximum absolute atomic E-state index is 13.4. The molecular formula is C24H18Cl2N2O3. The fourth-order valence-electron chi connectivity index (χ4n) is 3.35. The molecule has 7 heteroatoms. The number of nitrogens with one attached hydrogen (secondary N) is 1. The van der Waals surface area contributed by atoms with E-state index in [4.69, 9.17) is 27.9 Å². The zero-order valence-electron chi connectivity index (χ0n) is 16.8. The van der Waals surface area contributed by atoms with Gasteiger partial charge in [0.05, 0.1) is 23.4 Å². The van der Waals surface area contributed by atoms with E-state index in [1.54, 1.807) is 42.5 Å². The van der Waals surface area contributed by atoms with Gasteiger partial charge in [-0.25, -0.2) is 4.90 Å². The van der Waals surface area contributed by atoms with Crippen molar-refractivity contribution in [2.75, 3.05) is 17.3 Å². The van der Waals surface area contributed by atoms with E-state index in [-0.39, 0.29) is 11.3 Å². The summed E-state index contributed by atoms with van der Waals surface area (Å²) in [6, 6.07) is 19.0. The lowest BCUT2D eigenvalue weighted by molar-refractivity contribution is -0.120. The first-order chi connectivity index (χ1) is 14.9. The number of rotatable bonds is 5. The number of carbonyl (C=O) groups is 2. The maximum atomic E-state index is 13.4. The van der Waals surface area contributed by atoms with Crippen LogP contribution in [-0.2, 0) is 9.59 Å². The van der Waals surface area contributed by atoms with Gasteiger partial charge in [-0.3, -0.25) is 9.59 Å². The Hall–Kier alpha value is -3.28. The average molecular weight is 453 g/mol. The van der Waals surface area contributed by atoms with Crippen LogP contribution in [0.15, 0.2) is 72.4 Å². The Kier molecular flexibility index (Phi) is 5.72. The van der Waals surface area contributed by atoms with Gasteiger partial charge in [0, 0.05) is 10.7 Å². The summed E-state index contributed by atoms with van der Waals surface area (Å²) in [6.07, 6.45) is 0. The van der Waals surface area contributed by atoms with E-state index in [1.807, 2.05) is 31.2 Å². The van der Waals surface area contributed by atoms with E-state index in [2.05, 4.69) is 5.32 Å². The second-order valence-electron chi connectivity index (χ2n) is 7.01. The normalized spacial score (nSPS) is 13.7. The van der Waals surface area contributed by atoms with Crippen molar-refractivity contribution in [1.29, 1.82) is 0 Å². The lowest BCUT2D eigenvalue weighted by atomic mass is 10.0. The molecule has 3 aromatic carbocycles. The van der Waals surface area contributed by atoms with Crippen LogP contribution in [0.4, 0.5) is 11.4 Å². The lowest BCUT2D eigenvalue weighted by Crippen LogP contribution is -2.32. The molecule has 0 fully saturated rings. The van der Waals surface area contributed by atoms with Crippen molar-refractivity contribution in [2.45, 2.75) is 6.92 Å². The van der Waals surface area contributed by atoms with Gasteiger partial charge in [0.1, 0.15) is 11.4 Å². The Morgan fingerprint density at radius 1 is 0.871 bits per heavy atom. The van der Waals surface area contributed by atoms with E-state index < -0.39 is 11.8 Å². The highest BCUT2D eigenvalue weighted by molar-refractivity contribution is 6.46. The van der Waals surface area contributed by atoms with Gasteiger partial charge in [-0.2, -0.15) is 0 Å². The highest BCUT2D eigenvalue weighted by atomic mass is 35.5. The lowest BCUT2D eigenvalue weighted by Gasteiger charge is -2.15. The third-order valence-electron chi connectivity index (χ3n) is 4.93. The van der Waals surface area contributed by atoms with Gasteiger partial charge < -0.3 is 10.1 Å². The van der Waals surface area contributed by atoms with Crippen LogP contribution in [0.1, 0.15) is 11.1 Å². The molecule has 0 radical (unpaired) electrons. The molecule has 5 nitrogen and oxygen atoms in total. The third kappa shape index (κ3) is 4.02. The molecule has 0 unspecified atom stereocenters. The minimum absolute atomic E-state index is 0.171. The molecule has 156 valence electrons. The number of ether oxygens (including phenoxy) is 1. The summed E-state index contributed by atoms with van der Waals surface area (Å²) in [5, 5.41) is 3.99. The number of imide groups is 1. The monoisotopic (exact) mass is 452 g/mol. The molecule has 0 spiro atoms. The molecule has 1 heterocycles. The summed E-state index contributed by atoms with van der Waals surface area (Å²) in [4.78, 5) is 27.9. The second kappa shape index (κ2) is 8.46. The number of nitrogens with zero attached hydrogens (tertiary/aromatic N) is 1. The van der Waals surface area contributed by atoms with E-state index >= 15 is 0 Å². The number of aryl methyl sites for hydroxylation is 1. The van der Waals surface area contributed by atoms with Gasteiger partial charge in [-0.15, -0.1) is 0 Å². The van der Waals surface area contributed by atoms with Crippen molar-refractivity contribution >= 4 is 52.0 Å². The minimum Gasteiger partial charge on any atom is -0.495 e. The smallest absolute Gasteiger partial charge is 0.282 e. The number of hydrogen-bond donors (Lipinski definition) is 1. The number of carbonyl (C=O) groups excluding carboxylic acids is 2. The van der Waals surface area contributed by atoms with Crippen molar-refractivity contribution in [1.82, 2.24) is 0 Å². The van der Waals surface area contributed by atoms with Gasteiger partial charge in [-0.1, -0.05) is 53.0 Å². The molecule has 1 aliphatic heterocycles. The first-order valence-electron chi connectivity index (χ1n) is 9.45. The highest BCUT2D eigenvalue weighted by Crippen LogP contribution is 2.35. The zero-order valence-corrected chi connectivity index (χ0v) is 18.3. The summed E-state index contributed by atoms with van der Waals surface area (Å²) >= 11 is 12.2. The standard InChI is InChI=1S/C24H18Cl2N2O3/c1-14-3-5-15(6-4-14)21-22(27-17-9-12-20(31-2)19(26)13-17)24(30)28(23(21)29)18-10-7-16(25)8-11-18/h3-13,27H,1-2H3. The fourth-order valence-corrected chi connectivity index (χ4v) is 3.73. The number of hydrogen-bond acceptors (Lipinski definition) is 4. The van der Waals surface area contributed by atoms with Crippen molar-refractivity contribution in [3.8, 4) is 5.75 Å². The molecule has 1 N–H and O–H groups in total. The van der Waals surface area contributed by atoms with Crippen LogP contribution in [-0.4, -0.2) is 18.9 Å². The predicted octanol–water partition coefficient (Wildman–Crippen LogP) is 5.71. The summed E-state index contributed by atoms with van der Waals surface area (Å²) in [7, 11) is 1.52. The first-order valence-corrected chi connectivity index (χ1v) is 10.2. The Labute approximate surface area is 189 Å². The molecule has 3 aromatic rings. The molecule has 0 saturated heterocycles. The Balaban J connectivity index is 1.80. The number of halogens is 2. The number of methoxy groups -OCH3 is 1. The van der Waals surface area contributed by atoms with Crippen LogP contribution in [0.3, 0.4) is 0 Å². The summed E-state index contributed by atoms with van der Waals surface area (Å²) < 4.78 is 5.18. The Bertz CT molecular complexity index is 1200. The second-order valence-corrected chi connectivity index (χ2v) is 7.86. The molecule has 1 aliphatic rings. The fraction of sp³-hybridized carbons (Fsp3) is 0.0833. The van der Waals surface area contributed by atoms with Crippen molar-refractivity contribution < 1.29 is 14.3 Å².